The quantitative estimate of drug-likeness (QED) is 0.0110. The van der Waals surface area contributed by atoms with Crippen molar-refractivity contribution in [2.45, 2.75) is 162 Å². The monoisotopic (exact) mass is 2430 g/mol. The van der Waals surface area contributed by atoms with Gasteiger partial charge >= 0.3 is 250 Å². The predicted octanol–water partition coefficient (Wildman–Crippen LogP) is 17.1. The number of hydrogen-bond acceptors (Lipinski definition) is 34. The van der Waals surface area contributed by atoms with Crippen molar-refractivity contribution in [3.8, 4) is 0 Å². The fraction of sp³-hybridized carbons (Fsp3) is 0.882. The molecule has 10 aliphatic heterocycles. The fourth-order valence-corrected chi connectivity index (χ4v) is 19.3. The molecule has 0 radical (unpaired) electrons. The van der Waals surface area contributed by atoms with Gasteiger partial charge in [0.1, 0.15) is 39.5 Å². The second kappa shape index (κ2) is 49.6. The first-order chi connectivity index (χ1) is 64.1. The maximum absolute atomic E-state index is 13.6. The van der Waals surface area contributed by atoms with E-state index in [4.69, 9.17) is 25.1 Å². The summed E-state index contributed by atoms with van der Waals surface area (Å²) in [5, 5.41) is 0. The SMILES string of the molecule is CCS(=O)(=O)OCCCCCCCCCC[N+]1(C)CCCC1.CCS(=O)(=O)OCC[N+]1(C)CCCCC1.C[N+]1(CCCOS(C)(=O)=O)CCCC1.C[N+]1(CCOS(C)(=O)=O)CCCC1.C[N+]1(CCOS(C)(=O)=O)CCCCC1.C[N+]1(COS(C)(=O)=O)CCCC1.F[P-](F)(F)(F)(F)F.F[P-](F)(F)(F)(F)F.F[P-](F)(F)(F)(F)F.O=C1O[B-](F)(F)OC1=O.O=C1O[P-](F)(F)(F)(F)OC1=O.O=C1O[P-]2(F)(F)(OC1=O)OC(=O)C(=O)O2. The summed E-state index contributed by atoms with van der Waals surface area (Å²) < 4.78 is 464. The molecule has 0 aliphatic carbocycles. The fourth-order valence-electron chi connectivity index (χ4n) is 14.0. The predicted molar refractivity (Wildman–Crippen MR) is 478 cm³/mol. The van der Waals surface area contributed by atoms with E-state index in [0.717, 1.165) is 145 Å². The van der Waals surface area contributed by atoms with Gasteiger partial charge in [0.15, 0.2) is 0 Å². The molecule has 10 saturated heterocycles. The molecule has 0 bridgehead atoms. The van der Waals surface area contributed by atoms with Crippen molar-refractivity contribution in [1.82, 2.24) is 0 Å². The van der Waals surface area contributed by atoms with E-state index in [-0.39, 0.29) is 11.5 Å². The molecular weight excluding hydrogens is 2300 g/mol. The molecule has 40 nitrogen and oxygen atoms in total. The third kappa shape index (κ3) is 81.1. The van der Waals surface area contributed by atoms with Gasteiger partial charge in [-0.15, -0.1) is 0 Å². The molecule has 10 aliphatic rings. The van der Waals surface area contributed by atoms with Crippen molar-refractivity contribution in [1.29, 1.82) is 0 Å². The number of nitrogens with zero attached hydrogens (tertiary/aromatic N) is 6. The second-order valence-corrected chi connectivity index (χ2v) is 58.0. The molecule has 884 valence electrons. The molecule has 0 atom stereocenters. The minimum absolute atomic E-state index is 0.0662. The first kappa shape index (κ1) is 143. The molecule has 0 unspecified atom stereocenters. The molecule has 146 heavy (non-hydrogen) atoms. The molecule has 0 amide bonds. The number of halogens is 26. The van der Waals surface area contributed by atoms with Gasteiger partial charge in [0.2, 0.25) is 6.73 Å². The average Bonchev–Trinajstić information content (AvgIpc) is 1.50. The first-order valence-corrected chi connectivity index (χ1v) is 64.8. The van der Waals surface area contributed by atoms with E-state index in [2.05, 4.69) is 71.7 Å². The van der Waals surface area contributed by atoms with Crippen molar-refractivity contribution >= 4 is 154 Å². The molecule has 78 heteroatoms. The zero-order valence-corrected chi connectivity index (χ0v) is 91.0. The van der Waals surface area contributed by atoms with Gasteiger partial charge in [-0.3, -0.25) is 20.9 Å². The van der Waals surface area contributed by atoms with Crippen molar-refractivity contribution < 1.29 is 287 Å². The van der Waals surface area contributed by atoms with Crippen LogP contribution in [0.3, 0.4) is 0 Å². The standard InChI is InChI=1S/C17H36NO3S.C10H22NO3S.2C9H20NO3S.C8H18NO3S.C7H16NO3S.C4F2O8P.C2BF2O4.C2F4O4P.3F6P/c1-3-22(19,20)21-17-13-9-7-5-4-6-8-10-14-18(2)15-11-12-16-18;1-3-15(12,13)14-10-9-11(2)7-5-4-6-8-11;1-10(6-3-4-7-10)8-5-9-13-14(2,11)12;1-10(6-4-3-5-7-10)8-9-13-14(2,11)12;1-9(5-3-4-6-9)7-8-12-13(2,10)11;1-8(5-3-4-6-8)7-11-12(2,9)10;5-15(6,11-1(7)2(8)12-15)13-3(9)4(10)14-15;4-3(5)8-1(6)2(7)9-3;3-11(4,5,6)9-1(7)2(8)10-11;3*1-7(2,3,4,5)6/h3-17H2,1-2H3;3-10H2,1-2H3;2*3-9H2,1-2H3;3-8H2,1-2H3;3-7H2,1-2H3;;;;;;/q6*+1;6*-1. The van der Waals surface area contributed by atoms with Gasteiger partial charge in [-0.1, -0.05) is 32.1 Å². The molecule has 10 rings (SSSR count). The third-order valence-corrected chi connectivity index (χ3v) is 29.1. The summed E-state index contributed by atoms with van der Waals surface area (Å²) in [4.78, 5) is 80.9. The van der Waals surface area contributed by atoms with E-state index in [9.17, 15) is 198 Å². The van der Waals surface area contributed by atoms with Crippen LogP contribution in [0.25, 0.3) is 0 Å². The van der Waals surface area contributed by atoms with Crippen LogP contribution in [0.2, 0.25) is 0 Å². The van der Waals surface area contributed by atoms with E-state index in [1.54, 1.807) is 13.8 Å². The van der Waals surface area contributed by atoms with E-state index < -0.39 is 154 Å². The molecule has 0 aromatic rings. The Morgan fingerprint density at radius 2 is 0.459 bits per heavy atom. The Balaban J connectivity index is 0. The maximum atomic E-state index is 13.6. The number of unbranched alkanes of at least 4 members (excludes halogenated alkanes) is 7. The zero-order chi connectivity index (χ0) is 115. The van der Waals surface area contributed by atoms with Crippen LogP contribution >= 0.6 is 38.5 Å². The zero-order valence-electron chi connectivity index (χ0n) is 81.6. The molecule has 0 saturated carbocycles. The Morgan fingerprint density at radius 1 is 0.267 bits per heavy atom. The topological polar surface area (TPSA) is 471 Å². The van der Waals surface area contributed by atoms with Crippen LogP contribution in [-0.2, 0) is 161 Å². The Morgan fingerprint density at radius 3 is 0.685 bits per heavy atom. The van der Waals surface area contributed by atoms with E-state index in [1.165, 1.54) is 166 Å². The van der Waals surface area contributed by atoms with Crippen LogP contribution in [0.15, 0.2) is 0 Å². The summed E-state index contributed by atoms with van der Waals surface area (Å²) in [5.74, 6) is -16.3. The van der Waals surface area contributed by atoms with E-state index in [0.29, 0.717) is 39.8 Å². The summed E-state index contributed by atoms with van der Waals surface area (Å²) >= 11 is 0. The first-order valence-electron chi connectivity index (χ1n) is 44.1. The van der Waals surface area contributed by atoms with Crippen LogP contribution in [0, 0.1) is 0 Å². The van der Waals surface area contributed by atoms with Crippen LogP contribution in [0.4, 0.5) is 109 Å². The van der Waals surface area contributed by atoms with Crippen LogP contribution in [0.5, 0.6) is 0 Å². The number of hydrogen-bond donors (Lipinski definition) is 0. The van der Waals surface area contributed by atoms with Gasteiger partial charge < -0.3 is 44.8 Å². The molecule has 10 fully saturated rings. The summed E-state index contributed by atoms with van der Waals surface area (Å²) in [6, 6.07) is 0. The van der Waals surface area contributed by atoms with Crippen molar-refractivity contribution in [2.75, 3.05) is 230 Å². The normalized spacial score (nSPS) is 24.0. The molecule has 0 aromatic carbocycles. The van der Waals surface area contributed by atoms with Crippen LogP contribution in [0.1, 0.15) is 162 Å². The third-order valence-electron chi connectivity index (χ3n) is 21.1. The Kier molecular flexibility index (Phi) is 48.8. The number of likely N-dealkylation sites (N-methyl/N-ethyl adjacent to an activating group) is 3. The molecule has 1 spiro atoms. The second-order valence-electron chi connectivity index (χ2n) is 36.6. The van der Waals surface area contributed by atoms with Crippen LogP contribution in [-0.4, -0.2) is 362 Å². The van der Waals surface area contributed by atoms with Crippen LogP contribution < -0.4 is 0 Å². The molecular formula is C68H132BF26N6O34P5S6. The number of carbonyl (C=O) groups is 8. The number of rotatable bonds is 34. The van der Waals surface area contributed by atoms with E-state index in [1.807, 2.05) is 7.05 Å². The summed E-state index contributed by atoms with van der Waals surface area (Å²) in [7, 11) is -60.7. The number of likely N-dealkylation sites (tertiary alicyclic amines) is 6. The average molecular weight is 2430 g/mol. The number of carbonyl (C=O) groups excluding carboxylic acids is 8. The summed E-state index contributed by atoms with van der Waals surface area (Å²) in [6.45, 7) is 24.1. The Labute approximate surface area is 828 Å². The van der Waals surface area contributed by atoms with Crippen molar-refractivity contribution in [3.63, 3.8) is 0 Å². The van der Waals surface area contributed by atoms with E-state index >= 15 is 0 Å². The van der Waals surface area contributed by atoms with Crippen molar-refractivity contribution in [2.24, 2.45) is 0 Å². The Bertz CT molecular complexity index is 4910. The van der Waals surface area contributed by atoms with Gasteiger partial charge in [0.25, 0.3) is 60.7 Å². The number of quaternary nitrogens is 6. The molecule has 0 aromatic heterocycles. The van der Waals surface area contributed by atoms with Crippen molar-refractivity contribution in [3.05, 3.63) is 0 Å². The summed E-state index contributed by atoms with van der Waals surface area (Å²) in [5.41, 5.74) is 0. The van der Waals surface area contributed by atoms with Gasteiger partial charge in [-0.05, 0) is 71.6 Å². The van der Waals surface area contributed by atoms with Gasteiger partial charge in [0.05, 0.1) is 184 Å². The molecule has 10 heterocycles. The Hall–Kier alpha value is -4.63. The number of piperidine rings is 2. The summed E-state index contributed by atoms with van der Waals surface area (Å²) in [6.07, 6.45) is 32.9. The van der Waals surface area contributed by atoms with Gasteiger partial charge in [-0.2, -0.15) is 50.5 Å². The van der Waals surface area contributed by atoms with Gasteiger partial charge in [0, 0.05) is 57.8 Å². The van der Waals surface area contributed by atoms with Gasteiger partial charge in [-0.25, -0.2) is 13.8 Å². The minimum atomic E-state index is -10.7. The molecule has 0 N–H and O–H groups in total.